The average molecular weight is 297 g/mol. The Bertz CT molecular complexity index is 579. The van der Waals surface area contributed by atoms with Crippen LogP contribution in [-0.2, 0) is 21.4 Å². The van der Waals surface area contributed by atoms with E-state index in [9.17, 15) is 13.2 Å². The molecule has 6 nitrogen and oxygen atoms in total. The molecule has 1 aromatic carbocycles. The van der Waals surface area contributed by atoms with Crippen LogP contribution in [0.25, 0.3) is 0 Å². The first kappa shape index (κ1) is 14.8. The molecule has 1 fully saturated rings. The molecule has 1 amide bonds. The Morgan fingerprint density at radius 3 is 2.35 bits per heavy atom. The van der Waals surface area contributed by atoms with Crippen LogP contribution in [0.5, 0.6) is 0 Å². The van der Waals surface area contributed by atoms with Gasteiger partial charge in [0.2, 0.25) is 15.9 Å². The standard InChI is InChI=1S/C13H19N3O3S/c14-12-5-3-10(4-6-12)7-16(8-13(15)17)20(18,19)9-11-1-2-11/h3-6,11H,1-2,7-9,14H2,(H2,15,17). The van der Waals surface area contributed by atoms with Crippen LogP contribution in [0, 0.1) is 5.92 Å². The second-order valence-electron chi connectivity index (χ2n) is 5.20. The minimum Gasteiger partial charge on any atom is -0.399 e. The summed E-state index contributed by atoms with van der Waals surface area (Å²) in [5.41, 5.74) is 12.1. The molecule has 0 unspecified atom stereocenters. The normalized spacial score (nSPS) is 15.4. The Morgan fingerprint density at radius 1 is 1.25 bits per heavy atom. The van der Waals surface area contributed by atoms with Gasteiger partial charge in [0.05, 0.1) is 12.3 Å². The lowest BCUT2D eigenvalue weighted by molar-refractivity contribution is -0.118. The van der Waals surface area contributed by atoms with E-state index in [4.69, 9.17) is 11.5 Å². The minimum absolute atomic E-state index is 0.0925. The van der Waals surface area contributed by atoms with E-state index in [1.54, 1.807) is 24.3 Å². The summed E-state index contributed by atoms with van der Waals surface area (Å²) in [5, 5.41) is 0. The summed E-state index contributed by atoms with van der Waals surface area (Å²) >= 11 is 0. The molecule has 1 aliphatic rings. The van der Waals surface area contributed by atoms with Gasteiger partial charge in [-0.2, -0.15) is 4.31 Å². The van der Waals surface area contributed by atoms with E-state index in [-0.39, 0.29) is 24.8 Å². The fourth-order valence-corrected chi connectivity index (χ4v) is 3.75. The first-order valence-corrected chi connectivity index (χ1v) is 8.08. The maximum atomic E-state index is 12.3. The molecule has 20 heavy (non-hydrogen) atoms. The number of sulfonamides is 1. The fourth-order valence-electron chi connectivity index (χ4n) is 1.94. The van der Waals surface area contributed by atoms with Crippen molar-refractivity contribution in [3.05, 3.63) is 29.8 Å². The van der Waals surface area contributed by atoms with Gasteiger partial charge < -0.3 is 11.5 Å². The van der Waals surface area contributed by atoms with Gasteiger partial charge in [0.15, 0.2) is 0 Å². The quantitative estimate of drug-likeness (QED) is 0.706. The number of carbonyl (C=O) groups is 1. The molecule has 0 aromatic heterocycles. The van der Waals surface area contributed by atoms with E-state index in [0.29, 0.717) is 5.69 Å². The topological polar surface area (TPSA) is 106 Å². The molecule has 0 aliphatic heterocycles. The molecular formula is C13H19N3O3S. The lowest BCUT2D eigenvalue weighted by Crippen LogP contribution is -2.39. The van der Waals surface area contributed by atoms with Crippen LogP contribution in [0.3, 0.4) is 0 Å². The molecule has 0 radical (unpaired) electrons. The number of hydrogen-bond acceptors (Lipinski definition) is 4. The molecular weight excluding hydrogens is 278 g/mol. The number of primary amides is 1. The van der Waals surface area contributed by atoms with Gasteiger partial charge in [0.25, 0.3) is 0 Å². The van der Waals surface area contributed by atoms with Gasteiger partial charge in [-0.05, 0) is 36.5 Å². The summed E-state index contributed by atoms with van der Waals surface area (Å²) in [4.78, 5) is 11.1. The van der Waals surface area contributed by atoms with E-state index >= 15 is 0 Å². The number of amides is 1. The summed E-state index contributed by atoms with van der Waals surface area (Å²) < 4.78 is 25.7. The van der Waals surface area contributed by atoms with Crippen molar-refractivity contribution >= 4 is 21.6 Å². The Balaban J connectivity index is 2.13. The SMILES string of the molecule is NC(=O)CN(Cc1ccc(N)cc1)S(=O)(=O)CC1CC1. The number of benzene rings is 1. The van der Waals surface area contributed by atoms with Crippen LogP contribution in [0.1, 0.15) is 18.4 Å². The van der Waals surface area contributed by atoms with Crippen molar-refractivity contribution in [1.82, 2.24) is 4.31 Å². The molecule has 7 heteroatoms. The fraction of sp³-hybridized carbons (Fsp3) is 0.462. The van der Waals surface area contributed by atoms with Gasteiger partial charge in [0, 0.05) is 12.2 Å². The van der Waals surface area contributed by atoms with Crippen LogP contribution in [0.2, 0.25) is 0 Å². The van der Waals surface area contributed by atoms with Crippen molar-refractivity contribution in [1.29, 1.82) is 0 Å². The number of nitrogens with zero attached hydrogens (tertiary/aromatic N) is 1. The van der Waals surface area contributed by atoms with Crippen LogP contribution in [0.4, 0.5) is 5.69 Å². The Labute approximate surface area is 118 Å². The highest BCUT2D eigenvalue weighted by Crippen LogP contribution is 2.31. The van der Waals surface area contributed by atoms with Crippen molar-refractivity contribution in [2.45, 2.75) is 19.4 Å². The monoisotopic (exact) mass is 297 g/mol. The molecule has 0 spiro atoms. The summed E-state index contributed by atoms with van der Waals surface area (Å²) in [5.74, 6) is -0.337. The van der Waals surface area contributed by atoms with Crippen LogP contribution in [0.15, 0.2) is 24.3 Å². The van der Waals surface area contributed by atoms with Gasteiger partial charge in [-0.15, -0.1) is 0 Å². The summed E-state index contributed by atoms with van der Waals surface area (Å²) in [6.07, 6.45) is 1.87. The highest BCUT2D eigenvalue weighted by molar-refractivity contribution is 7.89. The lowest BCUT2D eigenvalue weighted by Gasteiger charge is -2.20. The molecule has 2 rings (SSSR count). The second kappa shape index (κ2) is 5.80. The van der Waals surface area contributed by atoms with Gasteiger partial charge >= 0.3 is 0 Å². The summed E-state index contributed by atoms with van der Waals surface area (Å²) in [6.45, 7) is -0.155. The highest BCUT2D eigenvalue weighted by Gasteiger charge is 2.32. The average Bonchev–Trinajstić information content (AvgIpc) is 3.13. The van der Waals surface area contributed by atoms with E-state index in [1.165, 1.54) is 0 Å². The maximum absolute atomic E-state index is 12.3. The lowest BCUT2D eigenvalue weighted by atomic mass is 10.2. The molecule has 110 valence electrons. The molecule has 4 N–H and O–H groups in total. The molecule has 1 saturated carbocycles. The maximum Gasteiger partial charge on any atom is 0.232 e. The van der Waals surface area contributed by atoms with Gasteiger partial charge in [-0.3, -0.25) is 4.79 Å². The van der Waals surface area contributed by atoms with Crippen molar-refractivity contribution in [3.8, 4) is 0 Å². The first-order valence-electron chi connectivity index (χ1n) is 6.47. The zero-order valence-electron chi connectivity index (χ0n) is 11.2. The predicted molar refractivity (Wildman–Crippen MR) is 77.0 cm³/mol. The highest BCUT2D eigenvalue weighted by atomic mass is 32.2. The zero-order chi connectivity index (χ0) is 14.8. The Morgan fingerprint density at radius 2 is 1.85 bits per heavy atom. The summed E-state index contributed by atoms with van der Waals surface area (Å²) in [7, 11) is -3.46. The van der Waals surface area contributed by atoms with Crippen molar-refractivity contribution < 1.29 is 13.2 Å². The minimum atomic E-state index is -3.46. The van der Waals surface area contributed by atoms with Crippen molar-refractivity contribution in [2.24, 2.45) is 11.7 Å². The van der Waals surface area contributed by atoms with E-state index < -0.39 is 15.9 Å². The van der Waals surface area contributed by atoms with Gasteiger partial charge in [0.1, 0.15) is 0 Å². The number of nitrogen functional groups attached to an aromatic ring is 1. The molecule has 0 saturated heterocycles. The van der Waals surface area contributed by atoms with E-state index in [2.05, 4.69) is 0 Å². The second-order valence-corrected chi connectivity index (χ2v) is 7.21. The van der Waals surface area contributed by atoms with Crippen molar-refractivity contribution in [2.75, 3.05) is 18.0 Å². The van der Waals surface area contributed by atoms with Crippen molar-refractivity contribution in [3.63, 3.8) is 0 Å². The third-order valence-corrected chi connectivity index (χ3v) is 5.15. The third kappa shape index (κ3) is 4.21. The number of carbonyl (C=O) groups excluding carboxylic acids is 1. The van der Waals surface area contributed by atoms with Crippen LogP contribution >= 0.6 is 0 Å². The Hall–Kier alpha value is -1.60. The van der Waals surface area contributed by atoms with E-state index in [0.717, 1.165) is 22.7 Å². The number of rotatable bonds is 7. The summed E-state index contributed by atoms with van der Waals surface area (Å²) in [6, 6.07) is 6.89. The Kier molecular flexibility index (Phi) is 4.29. The van der Waals surface area contributed by atoms with Gasteiger partial charge in [-0.25, -0.2) is 8.42 Å². The molecule has 0 heterocycles. The largest absolute Gasteiger partial charge is 0.399 e. The van der Waals surface area contributed by atoms with Gasteiger partial charge in [-0.1, -0.05) is 12.1 Å². The zero-order valence-corrected chi connectivity index (χ0v) is 12.0. The number of anilines is 1. The molecule has 0 atom stereocenters. The number of hydrogen-bond donors (Lipinski definition) is 2. The molecule has 1 aromatic rings. The van der Waals surface area contributed by atoms with Crippen LogP contribution in [-0.4, -0.2) is 30.9 Å². The van der Waals surface area contributed by atoms with E-state index in [1.807, 2.05) is 0 Å². The first-order chi connectivity index (χ1) is 9.37. The third-order valence-electron chi connectivity index (χ3n) is 3.21. The smallest absolute Gasteiger partial charge is 0.232 e. The molecule has 0 bridgehead atoms. The number of nitrogens with two attached hydrogens (primary N) is 2. The predicted octanol–water partition coefficient (Wildman–Crippen LogP) is 0.296. The molecule has 1 aliphatic carbocycles. The van der Waals surface area contributed by atoms with Crippen LogP contribution < -0.4 is 11.5 Å².